The summed E-state index contributed by atoms with van der Waals surface area (Å²) in [7, 11) is 1.79. The number of esters is 2. The molecule has 0 rings (SSSR count). The van der Waals surface area contributed by atoms with Gasteiger partial charge < -0.3 is 28.5 Å². The van der Waals surface area contributed by atoms with Gasteiger partial charge in [0.25, 0.3) is 0 Å². The van der Waals surface area contributed by atoms with Crippen molar-refractivity contribution >= 4 is 20.7 Å². The van der Waals surface area contributed by atoms with Gasteiger partial charge in [0.2, 0.25) is 0 Å². The second-order valence-electron chi connectivity index (χ2n) is 5.01. The van der Waals surface area contributed by atoms with E-state index < -0.39 is 26.3 Å². The molecule has 23 heavy (non-hydrogen) atoms. The van der Waals surface area contributed by atoms with Crippen molar-refractivity contribution in [1.29, 1.82) is 0 Å². The highest BCUT2D eigenvalue weighted by atomic mass is 28.4. The molecule has 1 unspecified atom stereocenters. The number of rotatable bonds is 12. The van der Waals surface area contributed by atoms with Crippen LogP contribution in [-0.4, -0.2) is 60.8 Å². The van der Waals surface area contributed by atoms with Crippen LogP contribution in [0.15, 0.2) is 0 Å². The van der Waals surface area contributed by atoms with Crippen molar-refractivity contribution in [2.45, 2.75) is 44.7 Å². The lowest BCUT2D eigenvalue weighted by Crippen LogP contribution is -2.51. The van der Waals surface area contributed by atoms with Crippen LogP contribution in [0.3, 0.4) is 0 Å². The van der Waals surface area contributed by atoms with E-state index in [9.17, 15) is 9.59 Å². The Labute approximate surface area is 138 Å². The highest BCUT2D eigenvalue weighted by molar-refractivity contribution is 6.60. The van der Waals surface area contributed by atoms with E-state index in [0.29, 0.717) is 12.5 Å². The summed E-state index contributed by atoms with van der Waals surface area (Å²) in [6, 6.07) is 0.470. The van der Waals surface area contributed by atoms with E-state index in [2.05, 4.69) is 0 Å². The molecule has 0 aromatic heterocycles. The molecule has 136 valence electrons. The highest BCUT2D eigenvalue weighted by Crippen LogP contribution is 2.23. The Kier molecular flexibility index (Phi) is 10.2. The summed E-state index contributed by atoms with van der Waals surface area (Å²) in [4.78, 5) is 23.9. The van der Waals surface area contributed by atoms with Gasteiger partial charge in [-0.15, -0.1) is 0 Å². The maximum absolute atomic E-state index is 12.1. The Morgan fingerprint density at radius 2 is 1.52 bits per heavy atom. The van der Waals surface area contributed by atoms with Crippen molar-refractivity contribution in [2.75, 3.05) is 34.5 Å². The van der Waals surface area contributed by atoms with E-state index in [1.54, 1.807) is 13.8 Å². The van der Waals surface area contributed by atoms with Gasteiger partial charge in [0, 0.05) is 27.4 Å². The fourth-order valence-corrected chi connectivity index (χ4v) is 3.91. The molecule has 0 saturated heterocycles. The fraction of sp³-hybridized carbons (Fsp3) is 0.857. The summed E-state index contributed by atoms with van der Waals surface area (Å²) in [6.07, 6.45) is 0.479. The molecule has 0 aliphatic heterocycles. The third-order valence-electron chi connectivity index (χ3n) is 3.49. The largest absolute Gasteiger partial charge is 0.500 e. The Balaban J connectivity index is 4.88. The van der Waals surface area contributed by atoms with Gasteiger partial charge in [-0.1, -0.05) is 0 Å². The molecule has 0 amide bonds. The summed E-state index contributed by atoms with van der Waals surface area (Å²) in [5.41, 5.74) is 4.70. The summed E-state index contributed by atoms with van der Waals surface area (Å²) in [5, 5.41) is 0. The lowest BCUT2D eigenvalue weighted by molar-refractivity contribution is -0.156. The van der Waals surface area contributed by atoms with Gasteiger partial charge >= 0.3 is 20.7 Å². The predicted molar refractivity (Wildman–Crippen MR) is 85.6 cm³/mol. The number of nitrogens with two attached hydrogens (primary N) is 1. The van der Waals surface area contributed by atoms with Crippen molar-refractivity contribution in [1.82, 2.24) is 0 Å². The first-order valence-electron chi connectivity index (χ1n) is 7.60. The monoisotopic (exact) mass is 351 g/mol. The fourth-order valence-electron chi connectivity index (χ4n) is 2.18. The molecular formula is C14H29NO7Si. The maximum atomic E-state index is 12.1. The zero-order valence-electron chi connectivity index (χ0n) is 14.7. The van der Waals surface area contributed by atoms with Crippen molar-refractivity contribution < 1.29 is 32.3 Å². The standard InChI is InChI=1S/C14H29NO7Si/c1-6-21-12(16)11-14(15,13(17)22-7-2)9-8-10-23(18-3,19-4)20-5/h6-11,15H2,1-5H3. The van der Waals surface area contributed by atoms with Crippen LogP contribution in [0.4, 0.5) is 0 Å². The first-order chi connectivity index (χ1) is 10.8. The molecule has 0 aromatic rings. The molecule has 0 fully saturated rings. The van der Waals surface area contributed by atoms with Crippen molar-refractivity contribution in [3.63, 3.8) is 0 Å². The lowest BCUT2D eigenvalue weighted by atomic mass is 9.91. The third-order valence-corrected chi connectivity index (χ3v) is 6.32. The van der Waals surface area contributed by atoms with Gasteiger partial charge in [0.15, 0.2) is 0 Å². The second kappa shape index (κ2) is 10.7. The Hall–Kier alpha value is -1.00. The number of hydrogen-bond acceptors (Lipinski definition) is 8. The summed E-state index contributed by atoms with van der Waals surface area (Å²) in [6.45, 7) is 3.79. The van der Waals surface area contributed by atoms with Crippen LogP contribution in [0, 0.1) is 0 Å². The van der Waals surface area contributed by atoms with Gasteiger partial charge in [0.1, 0.15) is 5.54 Å². The Morgan fingerprint density at radius 3 is 1.96 bits per heavy atom. The average Bonchev–Trinajstić information content (AvgIpc) is 2.52. The van der Waals surface area contributed by atoms with Crippen LogP contribution in [0.2, 0.25) is 6.04 Å². The van der Waals surface area contributed by atoms with Gasteiger partial charge in [-0.25, -0.2) is 0 Å². The SMILES string of the molecule is CCOC(=O)CC(N)(CCC[Si](OC)(OC)OC)C(=O)OCC. The Bertz CT molecular complexity index is 368. The van der Waals surface area contributed by atoms with Crippen LogP contribution >= 0.6 is 0 Å². The molecule has 0 aromatic carbocycles. The molecule has 0 heterocycles. The first-order valence-corrected chi connectivity index (χ1v) is 9.53. The zero-order chi connectivity index (χ0) is 17.9. The van der Waals surface area contributed by atoms with E-state index in [0.717, 1.165) is 0 Å². The van der Waals surface area contributed by atoms with Crippen LogP contribution < -0.4 is 5.73 Å². The minimum absolute atomic E-state index is 0.188. The molecule has 9 heteroatoms. The molecular weight excluding hydrogens is 322 g/mol. The van der Waals surface area contributed by atoms with E-state index in [-0.39, 0.29) is 26.1 Å². The Morgan fingerprint density at radius 1 is 1.00 bits per heavy atom. The van der Waals surface area contributed by atoms with Gasteiger partial charge in [-0.05, 0) is 26.7 Å². The van der Waals surface area contributed by atoms with Crippen LogP contribution in [0.5, 0.6) is 0 Å². The van der Waals surface area contributed by atoms with E-state index in [4.69, 9.17) is 28.5 Å². The predicted octanol–water partition coefficient (Wildman–Crippen LogP) is 0.859. The minimum atomic E-state index is -2.75. The van der Waals surface area contributed by atoms with Crippen LogP contribution in [0.1, 0.15) is 33.1 Å². The van der Waals surface area contributed by atoms with Crippen molar-refractivity contribution in [2.24, 2.45) is 5.73 Å². The van der Waals surface area contributed by atoms with Crippen LogP contribution in [0.25, 0.3) is 0 Å². The number of ether oxygens (including phenoxy) is 2. The highest BCUT2D eigenvalue weighted by Gasteiger charge is 2.42. The third kappa shape index (κ3) is 6.96. The van der Waals surface area contributed by atoms with Gasteiger partial charge in [0.05, 0.1) is 19.6 Å². The maximum Gasteiger partial charge on any atom is 0.500 e. The van der Waals surface area contributed by atoms with Gasteiger partial charge in [-0.2, -0.15) is 0 Å². The molecule has 0 bridgehead atoms. The van der Waals surface area contributed by atoms with Crippen LogP contribution in [-0.2, 0) is 32.3 Å². The molecule has 0 saturated carbocycles. The summed E-state index contributed by atoms with van der Waals surface area (Å²) < 4.78 is 25.9. The van der Waals surface area contributed by atoms with Crippen molar-refractivity contribution in [3.05, 3.63) is 0 Å². The number of hydrogen-bond donors (Lipinski definition) is 1. The van der Waals surface area contributed by atoms with Gasteiger partial charge in [-0.3, -0.25) is 9.59 Å². The average molecular weight is 351 g/mol. The lowest BCUT2D eigenvalue weighted by Gasteiger charge is -2.28. The molecule has 1 atom stereocenters. The molecule has 2 N–H and O–H groups in total. The van der Waals surface area contributed by atoms with E-state index in [1.807, 2.05) is 0 Å². The minimum Gasteiger partial charge on any atom is -0.466 e. The smallest absolute Gasteiger partial charge is 0.466 e. The number of carbonyl (C=O) groups is 2. The topological polar surface area (TPSA) is 106 Å². The molecule has 0 radical (unpaired) electrons. The molecule has 8 nitrogen and oxygen atoms in total. The normalized spacial score (nSPS) is 14.2. The second-order valence-corrected chi connectivity index (χ2v) is 8.10. The number of carbonyl (C=O) groups excluding carboxylic acids is 2. The summed E-state index contributed by atoms with van der Waals surface area (Å²) in [5.74, 6) is -1.15. The van der Waals surface area contributed by atoms with E-state index >= 15 is 0 Å². The van der Waals surface area contributed by atoms with Crippen molar-refractivity contribution in [3.8, 4) is 0 Å². The first kappa shape index (κ1) is 22.0. The molecule has 0 aliphatic carbocycles. The quantitative estimate of drug-likeness (QED) is 0.407. The summed E-state index contributed by atoms with van der Waals surface area (Å²) >= 11 is 0. The zero-order valence-corrected chi connectivity index (χ0v) is 15.7. The molecule has 0 spiro atoms. The van der Waals surface area contributed by atoms with E-state index in [1.165, 1.54) is 21.3 Å². The molecule has 0 aliphatic rings.